The molecule has 0 atom stereocenters. The van der Waals surface area contributed by atoms with E-state index in [0.717, 1.165) is 0 Å². The van der Waals surface area contributed by atoms with Gasteiger partial charge in [-0.1, -0.05) is 0 Å². The predicted molar refractivity (Wildman–Crippen MR) is 42.1 cm³/mol. The van der Waals surface area contributed by atoms with Crippen molar-refractivity contribution < 1.29 is 9.13 Å². The second-order valence-electron chi connectivity index (χ2n) is 2.33. The predicted octanol–water partition coefficient (Wildman–Crippen LogP) is 1.72. The maximum atomic E-state index is 12.9. The van der Waals surface area contributed by atoms with Crippen LogP contribution in [-0.4, -0.2) is 7.11 Å². The summed E-state index contributed by atoms with van der Waals surface area (Å²) in [6.45, 7) is 1.65. The third kappa shape index (κ3) is 1.42. The number of hydrogen-bond acceptors (Lipinski definition) is 2. The largest absolute Gasteiger partial charge is 0.496 e. The zero-order valence-electron chi connectivity index (χ0n) is 6.52. The molecule has 2 nitrogen and oxygen atoms in total. The molecule has 2 N–H and O–H groups in total. The highest BCUT2D eigenvalue weighted by molar-refractivity contribution is 5.48. The molecule has 0 radical (unpaired) electrons. The van der Waals surface area contributed by atoms with Crippen molar-refractivity contribution in [2.45, 2.75) is 6.92 Å². The molecule has 1 aromatic carbocycles. The van der Waals surface area contributed by atoms with Crippen LogP contribution in [0.5, 0.6) is 5.75 Å². The van der Waals surface area contributed by atoms with Gasteiger partial charge in [-0.25, -0.2) is 4.39 Å². The maximum absolute atomic E-state index is 12.9. The molecule has 1 aromatic rings. The first-order valence-corrected chi connectivity index (χ1v) is 3.24. The zero-order chi connectivity index (χ0) is 8.43. The quantitative estimate of drug-likeness (QED) is 0.627. The first-order chi connectivity index (χ1) is 5.15. The van der Waals surface area contributed by atoms with Gasteiger partial charge in [0.05, 0.1) is 7.11 Å². The number of hydrogen-bond donors (Lipinski definition) is 1. The zero-order valence-corrected chi connectivity index (χ0v) is 6.52. The van der Waals surface area contributed by atoms with Crippen LogP contribution in [0.15, 0.2) is 12.1 Å². The van der Waals surface area contributed by atoms with Crippen LogP contribution in [0.4, 0.5) is 10.1 Å². The van der Waals surface area contributed by atoms with Crippen molar-refractivity contribution in [1.29, 1.82) is 0 Å². The minimum atomic E-state index is -0.332. The smallest absolute Gasteiger partial charge is 0.131 e. The minimum absolute atomic E-state index is 0.332. The molecule has 0 bridgehead atoms. The Balaban J connectivity index is 3.24. The normalized spacial score (nSPS) is 9.73. The third-order valence-electron chi connectivity index (χ3n) is 1.54. The van der Waals surface area contributed by atoms with Crippen LogP contribution >= 0.6 is 0 Å². The summed E-state index contributed by atoms with van der Waals surface area (Å²) in [7, 11) is 1.49. The summed E-state index contributed by atoms with van der Waals surface area (Å²) in [5, 5.41) is 0. The lowest BCUT2D eigenvalue weighted by atomic mass is 10.2. The van der Waals surface area contributed by atoms with Gasteiger partial charge in [0.15, 0.2) is 0 Å². The molecular formula is C8H10FNO. The van der Waals surface area contributed by atoms with Gasteiger partial charge in [0, 0.05) is 17.3 Å². The van der Waals surface area contributed by atoms with Crippen LogP contribution < -0.4 is 10.5 Å². The van der Waals surface area contributed by atoms with Crippen LogP contribution in [0.3, 0.4) is 0 Å². The van der Waals surface area contributed by atoms with E-state index in [1.807, 2.05) is 0 Å². The van der Waals surface area contributed by atoms with E-state index >= 15 is 0 Å². The summed E-state index contributed by atoms with van der Waals surface area (Å²) in [4.78, 5) is 0. The van der Waals surface area contributed by atoms with Crippen molar-refractivity contribution >= 4 is 5.69 Å². The number of methoxy groups -OCH3 is 1. The Morgan fingerprint density at radius 2 is 2.09 bits per heavy atom. The molecule has 0 aromatic heterocycles. The Bertz CT molecular complexity index is 273. The Morgan fingerprint density at radius 3 is 2.64 bits per heavy atom. The topological polar surface area (TPSA) is 35.2 Å². The number of anilines is 1. The Kier molecular flexibility index (Phi) is 1.98. The minimum Gasteiger partial charge on any atom is -0.496 e. The van der Waals surface area contributed by atoms with Crippen LogP contribution in [0.1, 0.15) is 5.56 Å². The molecule has 0 saturated carbocycles. The lowest BCUT2D eigenvalue weighted by molar-refractivity contribution is 0.407. The van der Waals surface area contributed by atoms with Crippen molar-refractivity contribution in [3.8, 4) is 5.75 Å². The van der Waals surface area contributed by atoms with E-state index < -0.39 is 0 Å². The van der Waals surface area contributed by atoms with Crippen LogP contribution in [0.2, 0.25) is 0 Å². The van der Waals surface area contributed by atoms with Crippen molar-refractivity contribution in [1.82, 2.24) is 0 Å². The summed E-state index contributed by atoms with van der Waals surface area (Å²) in [6.07, 6.45) is 0. The second kappa shape index (κ2) is 2.78. The summed E-state index contributed by atoms with van der Waals surface area (Å²) in [5.41, 5.74) is 6.25. The molecule has 1 rings (SSSR count). The highest BCUT2D eigenvalue weighted by Crippen LogP contribution is 2.23. The van der Waals surface area contributed by atoms with E-state index in [0.29, 0.717) is 17.0 Å². The lowest BCUT2D eigenvalue weighted by Gasteiger charge is -2.05. The third-order valence-corrected chi connectivity index (χ3v) is 1.54. The van der Waals surface area contributed by atoms with Gasteiger partial charge in [0.2, 0.25) is 0 Å². The maximum Gasteiger partial charge on any atom is 0.131 e. The molecule has 3 heteroatoms. The molecule has 0 aliphatic heterocycles. The second-order valence-corrected chi connectivity index (χ2v) is 2.33. The molecular weight excluding hydrogens is 145 g/mol. The summed E-state index contributed by atoms with van der Waals surface area (Å²) in [5.74, 6) is 0.157. The lowest BCUT2D eigenvalue weighted by Crippen LogP contribution is -1.94. The van der Waals surface area contributed by atoms with Gasteiger partial charge in [0.25, 0.3) is 0 Å². The van der Waals surface area contributed by atoms with E-state index in [9.17, 15) is 4.39 Å². The van der Waals surface area contributed by atoms with Gasteiger partial charge in [0.1, 0.15) is 11.6 Å². The summed E-state index contributed by atoms with van der Waals surface area (Å²) >= 11 is 0. The Hall–Kier alpha value is -1.25. The van der Waals surface area contributed by atoms with Crippen molar-refractivity contribution in [3.05, 3.63) is 23.5 Å². The molecule has 0 aliphatic rings. The van der Waals surface area contributed by atoms with Crippen LogP contribution in [0.25, 0.3) is 0 Å². The molecule has 0 saturated heterocycles. The van der Waals surface area contributed by atoms with E-state index in [4.69, 9.17) is 10.5 Å². The molecule has 0 spiro atoms. The molecule has 0 aliphatic carbocycles. The molecule has 0 heterocycles. The van der Waals surface area contributed by atoms with Gasteiger partial charge in [-0.15, -0.1) is 0 Å². The Morgan fingerprint density at radius 1 is 1.45 bits per heavy atom. The molecule has 0 fully saturated rings. The highest BCUT2D eigenvalue weighted by Gasteiger charge is 2.04. The number of benzene rings is 1. The molecule has 0 amide bonds. The average molecular weight is 155 g/mol. The number of rotatable bonds is 1. The monoisotopic (exact) mass is 155 g/mol. The number of nitrogen functional groups attached to an aromatic ring is 1. The van der Waals surface area contributed by atoms with Gasteiger partial charge < -0.3 is 10.5 Å². The van der Waals surface area contributed by atoms with E-state index in [1.54, 1.807) is 13.0 Å². The van der Waals surface area contributed by atoms with Gasteiger partial charge in [-0.05, 0) is 13.0 Å². The SMILES string of the molecule is COc1cc(N)cc(F)c1C. The first kappa shape index (κ1) is 7.85. The number of halogens is 1. The number of ether oxygens (including phenoxy) is 1. The van der Waals surface area contributed by atoms with E-state index in [1.165, 1.54) is 13.2 Å². The Labute approximate surface area is 64.8 Å². The highest BCUT2D eigenvalue weighted by atomic mass is 19.1. The fourth-order valence-corrected chi connectivity index (χ4v) is 0.886. The first-order valence-electron chi connectivity index (χ1n) is 3.24. The van der Waals surface area contributed by atoms with E-state index in [-0.39, 0.29) is 5.82 Å². The number of nitrogens with two attached hydrogens (primary N) is 1. The standard InChI is InChI=1S/C8H10FNO/c1-5-7(9)3-6(10)4-8(5)11-2/h3-4H,10H2,1-2H3. The van der Waals surface area contributed by atoms with Crippen molar-refractivity contribution in [2.75, 3.05) is 12.8 Å². The molecule has 0 unspecified atom stereocenters. The van der Waals surface area contributed by atoms with Gasteiger partial charge in [-0.2, -0.15) is 0 Å². The fourth-order valence-electron chi connectivity index (χ4n) is 0.886. The fraction of sp³-hybridized carbons (Fsp3) is 0.250. The molecule has 60 valence electrons. The van der Waals surface area contributed by atoms with Crippen molar-refractivity contribution in [3.63, 3.8) is 0 Å². The summed E-state index contributed by atoms with van der Waals surface area (Å²) in [6, 6.07) is 2.87. The summed E-state index contributed by atoms with van der Waals surface area (Å²) < 4.78 is 17.8. The van der Waals surface area contributed by atoms with Crippen molar-refractivity contribution in [2.24, 2.45) is 0 Å². The van der Waals surface area contributed by atoms with Crippen LogP contribution in [-0.2, 0) is 0 Å². The van der Waals surface area contributed by atoms with Crippen LogP contribution in [0, 0.1) is 12.7 Å². The van der Waals surface area contributed by atoms with Gasteiger partial charge >= 0.3 is 0 Å². The average Bonchev–Trinajstić information content (AvgIpc) is 1.96. The molecule has 11 heavy (non-hydrogen) atoms. The van der Waals surface area contributed by atoms with E-state index in [2.05, 4.69) is 0 Å². The van der Waals surface area contributed by atoms with Gasteiger partial charge in [-0.3, -0.25) is 0 Å².